The largest absolute Gasteiger partial charge is 0.480 e. The van der Waals surface area contributed by atoms with E-state index in [0.717, 1.165) is 11.1 Å². The molecule has 5 nitrogen and oxygen atoms in total. The molecule has 0 bridgehead atoms. The van der Waals surface area contributed by atoms with Crippen LogP contribution in [0, 0.1) is 6.92 Å². The highest BCUT2D eigenvalue weighted by Gasteiger charge is 2.40. The van der Waals surface area contributed by atoms with Crippen LogP contribution in [-0.4, -0.2) is 37.5 Å². The standard InChI is InChI=1S/C16H23NO4Si/c1-11-6-8-12(9-7-11)10-16(22-5,13(18)19)17-14(20)21-15(2,3)4/h6-9H,10H2,1-5H3,(H,17,20)(H,18,19)/t16-/m0/s1. The Morgan fingerprint density at radius 1 is 1.23 bits per heavy atom. The second kappa shape index (κ2) is 6.96. The average Bonchev–Trinajstić information content (AvgIpc) is 2.38. The number of aliphatic carboxylic acids is 1. The highest BCUT2D eigenvalue weighted by molar-refractivity contribution is 6.46. The van der Waals surface area contributed by atoms with E-state index >= 15 is 0 Å². The number of rotatable bonds is 5. The van der Waals surface area contributed by atoms with Crippen LogP contribution in [0.2, 0.25) is 6.55 Å². The summed E-state index contributed by atoms with van der Waals surface area (Å²) in [6.07, 6.45) is -0.493. The minimum Gasteiger partial charge on any atom is -0.480 e. The smallest absolute Gasteiger partial charge is 0.408 e. The molecule has 1 aromatic rings. The molecule has 0 aliphatic carbocycles. The van der Waals surface area contributed by atoms with Crippen molar-refractivity contribution in [2.24, 2.45) is 0 Å². The number of carboxylic acids is 1. The second-order valence-corrected chi connectivity index (χ2v) is 7.60. The summed E-state index contributed by atoms with van der Waals surface area (Å²) in [4.78, 5) is 23.8. The van der Waals surface area contributed by atoms with E-state index in [1.807, 2.05) is 31.2 Å². The van der Waals surface area contributed by atoms with Crippen molar-refractivity contribution in [3.05, 3.63) is 35.4 Å². The maximum atomic E-state index is 12.0. The number of hydrogen-bond acceptors (Lipinski definition) is 3. The number of ether oxygens (including phenoxy) is 1. The Morgan fingerprint density at radius 3 is 2.18 bits per heavy atom. The maximum absolute atomic E-state index is 12.0. The lowest BCUT2D eigenvalue weighted by molar-refractivity contribution is -0.141. The molecule has 1 aromatic carbocycles. The molecule has 0 spiro atoms. The van der Waals surface area contributed by atoms with Crippen LogP contribution in [0.1, 0.15) is 31.9 Å². The van der Waals surface area contributed by atoms with Gasteiger partial charge in [0, 0.05) is 6.42 Å². The fourth-order valence-corrected chi connectivity index (χ4v) is 2.74. The van der Waals surface area contributed by atoms with Crippen molar-refractivity contribution in [1.82, 2.24) is 5.32 Å². The minimum atomic E-state index is -1.35. The van der Waals surface area contributed by atoms with Gasteiger partial charge in [-0.15, -0.1) is 0 Å². The van der Waals surface area contributed by atoms with Crippen molar-refractivity contribution in [3.63, 3.8) is 0 Å². The molecule has 0 heterocycles. The number of benzene rings is 1. The first kappa shape index (κ1) is 18.2. The zero-order valence-corrected chi connectivity index (χ0v) is 14.7. The first-order valence-corrected chi connectivity index (χ1v) is 8.57. The van der Waals surface area contributed by atoms with Gasteiger partial charge >= 0.3 is 12.1 Å². The Kier molecular flexibility index (Phi) is 5.76. The average molecular weight is 321 g/mol. The third kappa shape index (κ3) is 5.18. The van der Waals surface area contributed by atoms with Crippen molar-refractivity contribution >= 4 is 21.6 Å². The van der Waals surface area contributed by atoms with Gasteiger partial charge in [0.05, 0.1) is 9.52 Å². The van der Waals surface area contributed by atoms with E-state index < -0.39 is 22.8 Å². The first-order valence-electron chi connectivity index (χ1n) is 7.07. The lowest BCUT2D eigenvalue weighted by Gasteiger charge is -2.30. The van der Waals surface area contributed by atoms with Gasteiger partial charge in [-0.25, -0.2) is 4.79 Å². The minimum absolute atomic E-state index is 0.00995. The summed E-state index contributed by atoms with van der Waals surface area (Å²) in [6, 6.07) is 7.61. The van der Waals surface area contributed by atoms with Gasteiger partial charge in [0.1, 0.15) is 10.8 Å². The number of nitrogens with one attached hydrogen (secondary N) is 1. The molecule has 0 saturated heterocycles. The Balaban J connectivity index is 2.97. The molecular weight excluding hydrogens is 298 g/mol. The van der Waals surface area contributed by atoms with E-state index in [4.69, 9.17) is 4.74 Å². The fourth-order valence-electron chi connectivity index (χ4n) is 1.92. The monoisotopic (exact) mass is 321 g/mol. The number of amides is 1. The number of carboxylic acid groups (broad SMARTS) is 1. The summed E-state index contributed by atoms with van der Waals surface area (Å²) >= 11 is 0. The van der Waals surface area contributed by atoms with Crippen LogP contribution in [-0.2, 0) is 16.0 Å². The predicted octanol–water partition coefficient (Wildman–Crippen LogP) is 2.60. The number of alkyl carbamates (subject to hydrolysis) is 1. The van der Waals surface area contributed by atoms with E-state index in [1.54, 1.807) is 27.3 Å². The third-order valence-electron chi connectivity index (χ3n) is 3.10. The van der Waals surface area contributed by atoms with E-state index in [1.165, 1.54) is 0 Å². The summed E-state index contributed by atoms with van der Waals surface area (Å²) in [5, 5.41) is 10.8. The third-order valence-corrected chi connectivity index (χ3v) is 4.47. The molecule has 2 N–H and O–H groups in total. The number of aryl methyl sites for hydroxylation is 1. The molecule has 2 radical (unpaired) electrons. The highest BCUT2D eigenvalue weighted by atomic mass is 28.2. The SMILES string of the molecule is C[Si][C@](Cc1ccc(C)cc1)(NC(=O)OC(C)(C)C)C(=O)O. The molecule has 0 fully saturated rings. The van der Waals surface area contributed by atoms with Crippen molar-refractivity contribution in [2.75, 3.05) is 0 Å². The predicted molar refractivity (Wildman–Crippen MR) is 86.2 cm³/mol. The van der Waals surface area contributed by atoms with Gasteiger partial charge in [-0.2, -0.15) is 0 Å². The van der Waals surface area contributed by atoms with Gasteiger partial charge in [0.25, 0.3) is 0 Å². The molecule has 1 amide bonds. The molecule has 0 aromatic heterocycles. The van der Waals surface area contributed by atoms with E-state index in [2.05, 4.69) is 5.32 Å². The topological polar surface area (TPSA) is 75.6 Å². The molecule has 0 aliphatic heterocycles. The quantitative estimate of drug-likeness (QED) is 0.817. The highest BCUT2D eigenvalue weighted by Crippen LogP contribution is 2.16. The summed E-state index contributed by atoms with van der Waals surface area (Å²) < 4.78 is 5.19. The van der Waals surface area contributed by atoms with Crippen LogP contribution in [0.15, 0.2) is 24.3 Å². The molecule has 22 heavy (non-hydrogen) atoms. The van der Waals surface area contributed by atoms with Gasteiger partial charge in [0.2, 0.25) is 0 Å². The zero-order valence-electron chi connectivity index (χ0n) is 13.7. The van der Waals surface area contributed by atoms with Crippen LogP contribution in [0.25, 0.3) is 0 Å². The van der Waals surface area contributed by atoms with E-state index in [-0.39, 0.29) is 15.9 Å². The van der Waals surface area contributed by atoms with Crippen LogP contribution in [0.4, 0.5) is 4.79 Å². The Bertz CT molecular complexity index is 536. The summed E-state index contributed by atoms with van der Waals surface area (Å²) in [5.74, 6) is -1.06. The van der Waals surface area contributed by atoms with Crippen molar-refractivity contribution in [3.8, 4) is 0 Å². The van der Waals surface area contributed by atoms with Crippen LogP contribution in [0.3, 0.4) is 0 Å². The van der Waals surface area contributed by atoms with Gasteiger partial charge in [-0.05, 0) is 33.3 Å². The molecule has 1 atom stereocenters. The van der Waals surface area contributed by atoms with Crippen molar-refractivity contribution < 1.29 is 19.4 Å². The lowest BCUT2D eigenvalue weighted by Crippen LogP contribution is -2.60. The molecule has 0 unspecified atom stereocenters. The number of carbonyl (C=O) groups is 2. The van der Waals surface area contributed by atoms with Gasteiger partial charge in [0.15, 0.2) is 0 Å². The Labute approximate surface area is 133 Å². The zero-order chi connectivity index (χ0) is 17.0. The normalized spacial score (nSPS) is 14.0. The number of carbonyl (C=O) groups excluding carboxylic acids is 1. The molecule has 1 rings (SSSR count). The van der Waals surface area contributed by atoms with E-state index in [0.29, 0.717) is 0 Å². The molecule has 120 valence electrons. The summed E-state index contributed by atoms with van der Waals surface area (Å²) in [5.41, 5.74) is 1.29. The first-order chi connectivity index (χ1) is 10.1. The maximum Gasteiger partial charge on any atom is 0.408 e. The second-order valence-electron chi connectivity index (χ2n) is 6.25. The number of hydrogen-bond donors (Lipinski definition) is 2. The van der Waals surface area contributed by atoms with Gasteiger partial charge in [-0.1, -0.05) is 36.4 Å². The Morgan fingerprint density at radius 2 is 1.77 bits per heavy atom. The van der Waals surface area contributed by atoms with Gasteiger partial charge < -0.3 is 15.2 Å². The lowest BCUT2D eigenvalue weighted by atomic mass is 10.0. The summed E-state index contributed by atoms with van der Waals surface area (Å²) in [6.45, 7) is 8.95. The molecule has 6 heteroatoms. The van der Waals surface area contributed by atoms with Crippen LogP contribution >= 0.6 is 0 Å². The van der Waals surface area contributed by atoms with Gasteiger partial charge in [-0.3, -0.25) is 4.79 Å². The van der Waals surface area contributed by atoms with Crippen LogP contribution in [0.5, 0.6) is 0 Å². The van der Waals surface area contributed by atoms with E-state index in [9.17, 15) is 14.7 Å². The molecule has 0 aliphatic rings. The van der Waals surface area contributed by atoms with Crippen LogP contribution < -0.4 is 5.32 Å². The molecule has 0 saturated carbocycles. The van der Waals surface area contributed by atoms with Crippen molar-refractivity contribution in [1.29, 1.82) is 0 Å². The summed E-state index contributed by atoms with van der Waals surface area (Å²) in [7, 11) is -0.00995. The van der Waals surface area contributed by atoms with Crippen molar-refractivity contribution in [2.45, 2.75) is 51.4 Å². The molecular formula is C16H23NO4Si. The Hall–Kier alpha value is -1.82. The fraction of sp³-hybridized carbons (Fsp3) is 0.500.